The van der Waals surface area contributed by atoms with Gasteiger partial charge in [0, 0.05) is 12.2 Å². The number of carbonyl (C=O) groups excluding carboxylic acids is 1. The lowest BCUT2D eigenvalue weighted by Crippen LogP contribution is -2.07. The lowest BCUT2D eigenvalue weighted by atomic mass is 10.4. The Morgan fingerprint density at radius 2 is 2.00 bits per heavy atom. The van der Waals surface area contributed by atoms with E-state index in [0.29, 0.717) is 0 Å². The number of hydrogen-bond acceptors (Lipinski definition) is 3. The summed E-state index contributed by atoms with van der Waals surface area (Å²) in [7, 11) is 0. The van der Waals surface area contributed by atoms with Crippen molar-refractivity contribution in [1.29, 1.82) is 0 Å². The van der Waals surface area contributed by atoms with Crippen LogP contribution in [0.5, 0.6) is 0 Å². The molecule has 82 valence electrons. The van der Waals surface area contributed by atoms with Crippen LogP contribution in [0.25, 0.3) is 0 Å². The second-order valence-electron chi connectivity index (χ2n) is 2.27. The Labute approximate surface area is 84.5 Å². The van der Waals surface area contributed by atoms with Gasteiger partial charge in [-0.15, -0.1) is 11.8 Å². The maximum absolute atomic E-state index is 12.2. The van der Waals surface area contributed by atoms with Gasteiger partial charge in [-0.25, -0.2) is 4.39 Å². The summed E-state index contributed by atoms with van der Waals surface area (Å²) in [6.45, 7) is 1.95. The number of carbonyl (C=O) groups is 1. The fourth-order valence-electron chi connectivity index (χ4n) is 0.614. The Hall–Kier alpha value is -0.650. The lowest BCUT2D eigenvalue weighted by Gasteiger charge is -2.00. The molecule has 0 fully saturated rings. The molecule has 0 aliphatic rings. The first-order chi connectivity index (χ1) is 6.57. The van der Waals surface area contributed by atoms with E-state index in [1.54, 1.807) is 6.92 Å². The van der Waals surface area contributed by atoms with Crippen molar-refractivity contribution in [3.8, 4) is 0 Å². The quantitative estimate of drug-likeness (QED) is 0.516. The van der Waals surface area contributed by atoms with Crippen molar-refractivity contribution < 1.29 is 22.7 Å². The van der Waals surface area contributed by atoms with E-state index < -0.39 is 17.9 Å². The number of rotatable bonds is 6. The van der Waals surface area contributed by atoms with E-state index in [1.807, 2.05) is 0 Å². The smallest absolute Gasteiger partial charge is 0.315 e. The molecule has 0 aromatic carbocycles. The molecule has 14 heavy (non-hydrogen) atoms. The predicted molar refractivity (Wildman–Crippen MR) is 48.9 cm³/mol. The molecule has 0 saturated carbocycles. The number of ether oxygens (including phenoxy) is 1. The van der Waals surface area contributed by atoms with Gasteiger partial charge in [0.25, 0.3) is 0 Å². The largest absolute Gasteiger partial charge is 0.465 e. The van der Waals surface area contributed by atoms with Crippen LogP contribution in [-0.2, 0) is 9.53 Å². The highest BCUT2D eigenvalue weighted by Gasteiger charge is 2.06. The highest BCUT2D eigenvalue weighted by molar-refractivity contribution is 7.99. The first kappa shape index (κ1) is 13.4. The SMILES string of the molecule is CCOC(=O)CSCCC(F)=C(F)F. The number of esters is 1. The predicted octanol–water partition coefficient (Wildman–Crippen LogP) is 2.75. The van der Waals surface area contributed by atoms with Gasteiger partial charge in [-0.1, -0.05) is 0 Å². The second-order valence-corrected chi connectivity index (χ2v) is 3.38. The Balaban J connectivity index is 3.47. The molecule has 0 aliphatic heterocycles. The van der Waals surface area contributed by atoms with Crippen LogP contribution in [0, 0.1) is 0 Å². The molecule has 0 aromatic rings. The molecule has 2 nitrogen and oxygen atoms in total. The maximum Gasteiger partial charge on any atom is 0.315 e. The Morgan fingerprint density at radius 3 is 2.50 bits per heavy atom. The third kappa shape index (κ3) is 6.82. The average molecular weight is 228 g/mol. The van der Waals surface area contributed by atoms with Crippen molar-refractivity contribution >= 4 is 17.7 Å². The van der Waals surface area contributed by atoms with Gasteiger partial charge < -0.3 is 4.74 Å². The summed E-state index contributed by atoms with van der Waals surface area (Å²) in [6, 6.07) is 0. The molecule has 0 heterocycles. The van der Waals surface area contributed by atoms with Crippen molar-refractivity contribution in [3.63, 3.8) is 0 Å². The normalized spacial score (nSPS) is 9.71. The van der Waals surface area contributed by atoms with Gasteiger partial charge in [-0.2, -0.15) is 8.78 Å². The first-order valence-corrected chi connectivity index (χ1v) is 5.16. The van der Waals surface area contributed by atoms with Crippen LogP contribution in [-0.4, -0.2) is 24.1 Å². The van der Waals surface area contributed by atoms with Crippen molar-refractivity contribution in [1.82, 2.24) is 0 Å². The van der Waals surface area contributed by atoms with Crippen LogP contribution in [0.15, 0.2) is 11.9 Å². The first-order valence-electron chi connectivity index (χ1n) is 4.01. The van der Waals surface area contributed by atoms with Crippen molar-refractivity contribution in [2.75, 3.05) is 18.1 Å². The van der Waals surface area contributed by atoms with E-state index in [2.05, 4.69) is 4.74 Å². The molecule has 0 unspecified atom stereocenters. The summed E-state index contributed by atoms with van der Waals surface area (Å²) >= 11 is 1.06. The van der Waals surface area contributed by atoms with Crippen LogP contribution in [0.1, 0.15) is 13.3 Å². The van der Waals surface area contributed by atoms with Gasteiger partial charge in [0.15, 0.2) is 5.83 Å². The molecule has 0 rings (SSSR count). The van der Waals surface area contributed by atoms with E-state index in [-0.39, 0.29) is 24.5 Å². The number of allylic oxidation sites excluding steroid dienone is 1. The van der Waals surface area contributed by atoms with Gasteiger partial charge in [0.05, 0.1) is 12.4 Å². The van der Waals surface area contributed by atoms with Crippen LogP contribution in [0.4, 0.5) is 13.2 Å². The summed E-state index contributed by atoms with van der Waals surface area (Å²) in [4.78, 5) is 10.7. The average Bonchev–Trinajstić information content (AvgIpc) is 2.12. The third-order valence-corrected chi connectivity index (χ3v) is 2.13. The topological polar surface area (TPSA) is 26.3 Å². The zero-order valence-electron chi connectivity index (χ0n) is 7.69. The fraction of sp³-hybridized carbons (Fsp3) is 0.625. The van der Waals surface area contributed by atoms with E-state index in [0.717, 1.165) is 11.8 Å². The van der Waals surface area contributed by atoms with Gasteiger partial charge in [-0.05, 0) is 6.92 Å². The standard InChI is InChI=1S/C8H11F3O2S/c1-2-13-7(12)5-14-4-3-6(9)8(10)11/h2-5H2,1H3. The van der Waals surface area contributed by atoms with Crippen LogP contribution in [0.2, 0.25) is 0 Å². The minimum atomic E-state index is -2.29. The molecule has 0 N–H and O–H groups in total. The molecular weight excluding hydrogens is 217 g/mol. The molecular formula is C8H11F3O2S. The lowest BCUT2D eigenvalue weighted by molar-refractivity contribution is -0.139. The van der Waals surface area contributed by atoms with Crippen LogP contribution in [0.3, 0.4) is 0 Å². The molecule has 0 aromatic heterocycles. The number of thioether (sulfide) groups is 1. The molecule has 0 aliphatic carbocycles. The summed E-state index contributed by atoms with van der Waals surface area (Å²) in [6.07, 6.45) is -2.64. The van der Waals surface area contributed by atoms with Gasteiger partial charge >= 0.3 is 12.0 Å². The van der Waals surface area contributed by atoms with Gasteiger partial charge in [0.2, 0.25) is 0 Å². The van der Waals surface area contributed by atoms with Crippen molar-refractivity contribution in [2.45, 2.75) is 13.3 Å². The van der Waals surface area contributed by atoms with E-state index >= 15 is 0 Å². The zero-order chi connectivity index (χ0) is 11.0. The fourth-order valence-corrected chi connectivity index (χ4v) is 1.33. The highest BCUT2D eigenvalue weighted by atomic mass is 32.2. The summed E-state index contributed by atoms with van der Waals surface area (Å²) in [5, 5.41) is 0. The van der Waals surface area contributed by atoms with Gasteiger partial charge in [-0.3, -0.25) is 4.79 Å². The minimum Gasteiger partial charge on any atom is -0.465 e. The van der Waals surface area contributed by atoms with Crippen LogP contribution < -0.4 is 0 Å². The van der Waals surface area contributed by atoms with E-state index in [4.69, 9.17) is 0 Å². The van der Waals surface area contributed by atoms with Crippen molar-refractivity contribution in [3.05, 3.63) is 11.9 Å². The molecule has 0 spiro atoms. The Kier molecular flexibility index (Phi) is 7.37. The zero-order valence-corrected chi connectivity index (χ0v) is 8.50. The molecule has 0 atom stereocenters. The minimum absolute atomic E-state index is 0.0645. The van der Waals surface area contributed by atoms with E-state index in [1.165, 1.54) is 0 Å². The summed E-state index contributed by atoms with van der Waals surface area (Å²) < 4.78 is 39.9. The molecule has 0 radical (unpaired) electrons. The van der Waals surface area contributed by atoms with Crippen LogP contribution >= 0.6 is 11.8 Å². The number of hydrogen-bond donors (Lipinski definition) is 0. The van der Waals surface area contributed by atoms with Gasteiger partial charge in [0.1, 0.15) is 0 Å². The molecule has 0 amide bonds. The number of halogens is 3. The molecule has 0 saturated heterocycles. The summed E-state index contributed by atoms with van der Waals surface area (Å²) in [5.74, 6) is -1.62. The summed E-state index contributed by atoms with van der Waals surface area (Å²) in [5.41, 5.74) is 0. The monoisotopic (exact) mass is 228 g/mol. The van der Waals surface area contributed by atoms with E-state index in [9.17, 15) is 18.0 Å². The Morgan fingerprint density at radius 1 is 1.36 bits per heavy atom. The second kappa shape index (κ2) is 7.73. The molecule has 6 heteroatoms. The maximum atomic E-state index is 12.2. The van der Waals surface area contributed by atoms with Crippen molar-refractivity contribution in [2.24, 2.45) is 0 Å². The molecule has 0 bridgehead atoms. The third-order valence-electron chi connectivity index (χ3n) is 1.20. The highest BCUT2D eigenvalue weighted by Crippen LogP contribution is 2.16. The Bertz CT molecular complexity index is 215.